The fourth-order valence-corrected chi connectivity index (χ4v) is 6.06. The number of nitrogens with zero attached hydrogens (tertiary/aromatic N) is 1. The lowest BCUT2D eigenvalue weighted by molar-refractivity contribution is -0.148. The highest BCUT2D eigenvalue weighted by Gasteiger charge is 2.85. The second kappa shape index (κ2) is 12.5. The molecular weight excluding hydrogens is 544 g/mol. The molecule has 1 aliphatic carbocycles. The van der Waals surface area contributed by atoms with Gasteiger partial charge in [-0.15, -0.1) is 0 Å². The van der Waals surface area contributed by atoms with E-state index < -0.39 is 23.0 Å². The SMILES string of the molecule is CCCCCCOC(=O)C12OC1(CC=C(C)CC(Cc1ccc(O)cc1)c1ccnc(N)c1)C(=O)c1ccccc1C2=O. The number of ether oxygens (including phenoxy) is 2. The quantitative estimate of drug-likeness (QED) is 0.0808. The first-order valence-corrected chi connectivity index (χ1v) is 14.9. The van der Waals surface area contributed by atoms with Crippen LogP contribution in [0.15, 0.2) is 78.5 Å². The molecule has 2 aromatic carbocycles. The van der Waals surface area contributed by atoms with E-state index in [-0.39, 0.29) is 41.6 Å². The third-order valence-corrected chi connectivity index (χ3v) is 8.48. The van der Waals surface area contributed by atoms with E-state index in [4.69, 9.17) is 15.2 Å². The van der Waals surface area contributed by atoms with E-state index in [2.05, 4.69) is 11.9 Å². The van der Waals surface area contributed by atoms with E-state index in [9.17, 15) is 19.5 Å². The first-order valence-electron chi connectivity index (χ1n) is 14.9. The lowest BCUT2D eigenvalue weighted by atomic mass is 9.72. The molecule has 1 fully saturated rings. The van der Waals surface area contributed by atoms with Gasteiger partial charge in [-0.3, -0.25) is 9.59 Å². The second-order valence-electron chi connectivity index (χ2n) is 11.6. The van der Waals surface area contributed by atoms with Gasteiger partial charge in [0.15, 0.2) is 11.4 Å². The standard InChI is InChI=1S/C35H38N2O6/c1-3-4-5-8-19-42-33(41)35-32(40)29-10-7-6-9-28(29)31(39)34(35,43-35)17-15-23(2)20-26(25-16-18-37-30(36)22-25)21-24-11-13-27(38)14-12-24/h6-7,9-16,18,22,26,38H,3-5,8,17,19-21H2,1-2H3,(H2,36,37). The number of pyridine rings is 1. The summed E-state index contributed by atoms with van der Waals surface area (Å²) in [7, 11) is 0. The van der Waals surface area contributed by atoms with Gasteiger partial charge in [-0.25, -0.2) is 9.78 Å². The lowest BCUT2D eigenvalue weighted by Crippen LogP contribution is -2.50. The molecule has 224 valence electrons. The number of Topliss-reactive ketones (excluding diaryl/α,β-unsaturated/α-hetero) is 2. The molecule has 0 radical (unpaired) electrons. The number of carbonyl (C=O) groups is 3. The first kappa shape index (κ1) is 30.2. The molecule has 0 spiro atoms. The summed E-state index contributed by atoms with van der Waals surface area (Å²) in [4.78, 5) is 45.2. The Bertz CT molecular complexity index is 1550. The summed E-state index contributed by atoms with van der Waals surface area (Å²) in [6.07, 6.45) is 8.59. The number of aromatic nitrogens is 1. The molecule has 5 rings (SSSR count). The van der Waals surface area contributed by atoms with Crippen molar-refractivity contribution in [1.82, 2.24) is 4.98 Å². The number of benzene rings is 2. The van der Waals surface area contributed by atoms with Gasteiger partial charge < -0.3 is 20.3 Å². The minimum absolute atomic E-state index is 0.0194. The number of ketones is 2. The zero-order chi connectivity index (χ0) is 30.6. The van der Waals surface area contributed by atoms with Gasteiger partial charge in [0.05, 0.1) is 6.61 Å². The minimum Gasteiger partial charge on any atom is -0.508 e. The summed E-state index contributed by atoms with van der Waals surface area (Å²) in [5.74, 6) is -1.05. The maximum Gasteiger partial charge on any atom is 0.350 e. The Morgan fingerprint density at radius 3 is 2.47 bits per heavy atom. The van der Waals surface area contributed by atoms with Crippen molar-refractivity contribution in [2.24, 2.45) is 0 Å². The summed E-state index contributed by atoms with van der Waals surface area (Å²) in [5, 5.41) is 9.72. The number of epoxide rings is 1. The van der Waals surface area contributed by atoms with Crippen molar-refractivity contribution < 1.29 is 29.0 Å². The normalized spacial score (nSPS) is 21.6. The number of esters is 1. The summed E-state index contributed by atoms with van der Waals surface area (Å²) >= 11 is 0. The summed E-state index contributed by atoms with van der Waals surface area (Å²) in [6.45, 7) is 4.23. The molecule has 2 aliphatic rings. The summed E-state index contributed by atoms with van der Waals surface area (Å²) in [5.41, 5.74) is 5.87. The van der Waals surface area contributed by atoms with Gasteiger partial charge in [0.25, 0.3) is 5.60 Å². The maximum absolute atomic E-state index is 13.9. The van der Waals surface area contributed by atoms with E-state index in [1.54, 1.807) is 42.6 Å². The number of phenols is 1. The zero-order valence-corrected chi connectivity index (χ0v) is 24.7. The Balaban J connectivity index is 1.40. The topological polar surface area (TPSA) is 132 Å². The predicted molar refractivity (Wildman–Crippen MR) is 163 cm³/mol. The fourth-order valence-electron chi connectivity index (χ4n) is 6.06. The van der Waals surface area contributed by atoms with Crippen molar-refractivity contribution in [2.75, 3.05) is 12.3 Å². The molecule has 0 amide bonds. The van der Waals surface area contributed by atoms with Crippen LogP contribution >= 0.6 is 0 Å². The predicted octanol–water partition coefficient (Wildman–Crippen LogP) is 6.13. The van der Waals surface area contributed by atoms with Gasteiger partial charge in [-0.2, -0.15) is 0 Å². The third kappa shape index (κ3) is 5.84. The average Bonchev–Trinajstić information content (AvgIpc) is 3.72. The smallest absolute Gasteiger partial charge is 0.350 e. The molecular formula is C35H38N2O6. The Morgan fingerprint density at radius 1 is 1.05 bits per heavy atom. The number of hydrogen-bond donors (Lipinski definition) is 2. The number of allylic oxidation sites excluding steroid dienone is 1. The minimum atomic E-state index is -1.97. The summed E-state index contributed by atoms with van der Waals surface area (Å²) < 4.78 is 11.5. The highest BCUT2D eigenvalue weighted by Crippen LogP contribution is 2.58. The van der Waals surface area contributed by atoms with E-state index in [1.165, 1.54) is 0 Å². The molecule has 2 heterocycles. The number of aromatic hydroxyl groups is 1. The highest BCUT2D eigenvalue weighted by molar-refractivity contribution is 6.32. The van der Waals surface area contributed by atoms with Gasteiger partial charge in [-0.1, -0.05) is 74.2 Å². The third-order valence-electron chi connectivity index (χ3n) is 8.48. The largest absolute Gasteiger partial charge is 0.508 e. The number of phenolic OH excluding ortho intramolecular Hbond substituents is 1. The van der Waals surface area contributed by atoms with Crippen molar-refractivity contribution in [1.29, 1.82) is 0 Å². The molecule has 43 heavy (non-hydrogen) atoms. The van der Waals surface area contributed by atoms with Gasteiger partial charge >= 0.3 is 5.97 Å². The van der Waals surface area contributed by atoms with Crippen LogP contribution in [-0.2, 0) is 20.7 Å². The molecule has 3 N–H and O–H groups in total. The van der Waals surface area contributed by atoms with Crippen LogP contribution in [0.25, 0.3) is 0 Å². The van der Waals surface area contributed by atoms with E-state index in [0.717, 1.165) is 36.0 Å². The number of rotatable bonds is 13. The lowest BCUT2D eigenvalue weighted by Gasteiger charge is -2.23. The molecule has 0 bridgehead atoms. The van der Waals surface area contributed by atoms with Gasteiger partial charge in [0.1, 0.15) is 11.6 Å². The molecule has 1 aromatic heterocycles. The Kier molecular flexibility index (Phi) is 8.78. The van der Waals surface area contributed by atoms with Crippen LogP contribution in [0.5, 0.6) is 5.75 Å². The van der Waals surface area contributed by atoms with Gasteiger partial charge in [0.2, 0.25) is 5.78 Å². The van der Waals surface area contributed by atoms with Crippen LogP contribution in [0.1, 0.15) is 90.1 Å². The van der Waals surface area contributed by atoms with Crippen LogP contribution < -0.4 is 5.73 Å². The molecule has 1 aliphatic heterocycles. The number of fused-ring (bicyclic) bond motifs is 2. The van der Waals surface area contributed by atoms with Crippen molar-refractivity contribution in [3.8, 4) is 5.75 Å². The van der Waals surface area contributed by atoms with Crippen molar-refractivity contribution in [3.63, 3.8) is 0 Å². The molecule has 1 saturated heterocycles. The Hall–Kier alpha value is -4.30. The molecule has 3 atom stereocenters. The van der Waals surface area contributed by atoms with Crippen molar-refractivity contribution >= 4 is 23.4 Å². The highest BCUT2D eigenvalue weighted by atomic mass is 16.7. The number of hydrogen-bond acceptors (Lipinski definition) is 8. The summed E-state index contributed by atoms with van der Waals surface area (Å²) in [6, 6.07) is 17.4. The van der Waals surface area contributed by atoms with Crippen LogP contribution in [-0.4, -0.2) is 45.4 Å². The van der Waals surface area contributed by atoms with Gasteiger partial charge in [0, 0.05) is 23.7 Å². The monoisotopic (exact) mass is 582 g/mol. The number of carbonyl (C=O) groups excluding carboxylic acids is 3. The van der Waals surface area contributed by atoms with Crippen LogP contribution in [0.4, 0.5) is 5.82 Å². The van der Waals surface area contributed by atoms with Crippen molar-refractivity contribution in [3.05, 3.63) is 101 Å². The van der Waals surface area contributed by atoms with Crippen molar-refractivity contribution in [2.45, 2.75) is 75.9 Å². The fraction of sp³-hybridized carbons (Fsp3) is 0.371. The van der Waals surface area contributed by atoms with Gasteiger partial charge in [-0.05, 0) is 67.5 Å². The first-order chi connectivity index (χ1) is 20.7. The number of nitrogens with two attached hydrogens (primary N) is 1. The number of unbranched alkanes of at least 4 members (excludes halogenated alkanes) is 3. The molecule has 0 saturated carbocycles. The Morgan fingerprint density at radius 2 is 1.77 bits per heavy atom. The molecule has 8 nitrogen and oxygen atoms in total. The van der Waals surface area contributed by atoms with E-state index in [1.807, 2.05) is 37.3 Å². The van der Waals surface area contributed by atoms with Crippen LogP contribution in [0.2, 0.25) is 0 Å². The average molecular weight is 583 g/mol. The van der Waals surface area contributed by atoms with Crippen LogP contribution in [0.3, 0.4) is 0 Å². The van der Waals surface area contributed by atoms with E-state index in [0.29, 0.717) is 25.1 Å². The Labute approximate surface area is 251 Å². The van der Waals surface area contributed by atoms with Crippen LogP contribution in [0, 0.1) is 0 Å². The second-order valence-corrected chi connectivity index (χ2v) is 11.6. The number of anilines is 1. The molecule has 3 unspecified atom stereocenters. The number of nitrogen functional groups attached to an aromatic ring is 1. The zero-order valence-electron chi connectivity index (χ0n) is 24.7. The molecule has 3 aromatic rings. The maximum atomic E-state index is 13.9. The van der Waals surface area contributed by atoms with E-state index >= 15 is 0 Å². The molecule has 8 heteroatoms.